The van der Waals surface area contributed by atoms with Gasteiger partial charge in [0, 0.05) is 0 Å². The SMILES string of the molecule is [C-]#[N+]NC#N. The molecule has 0 aliphatic rings. The van der Waals surface area contributed by atoms with Gasteiger partial charge in [0.1, 0.15) is 0 Å². The van der Waals surface area contributed by atoms with Gasteiger partial charge in [0.15, 0.2) is 0 Å². The van der Waals surface area contributed by atoms with E-state index < -0.39 is 0 Å². The van der Waals surface area contributed by atoms with Crippen LogP contribution in [0.2, 0.25) is 0 Å². The molecule has 0 aromatic rings. The predicted octanol–water partition coefficient (Wildman–Crippen LogP) is -0.109. The fraction of sp³-hybridized carbons (Fsp3) is 0. The Balaban J connectivity index is 2.86. The predicted molar refractivity (Wildman–Crippen MR) is 15.4 cm³/mol. The highest BCUT2D eigenvalue weighted by molar-refractivity contribution is 4.65. The second-order valence-corrected chi connectivity index (χ2v) is 0.335. The minimum Gasteiger partial charge on any atom is -0.183 e. The molecular formula is C2HN3. The lowest BCUT2D eigenvalue weighted by atomic mass is 11.4. The van der Waals surface area contributed by atoms with Gasteiger partial charge in [0.2, 0.25) is 6.19 Å². The maximum absolute atomic E-state index is 7.49. The third-order valence-corrected chi connectivity index (χ3v) is 0.106. The van der Waals surface area contributed by atoms with Crippen molar-refractivity contribution in [1.29, 1.82) is 5.26 Å². The third-order valence-electron chi connectivity index (χ3n) is 0.106. The Bertz CT molecular complexity index is 70.0. The normalized spacial score (nSPS) is 3.60. The van der Waals surface area contributed by atoms with Crippen LogP contribution in [-0.2, 0) is 0 Å². The summed E-state index contributed by atoms with van der Waals surface area (Å²) < 4.78 is 0. The van der Waals surface area contributed by atoms with Gasteiger partial charge < -0.3 is 0 Å². The molecule has 0 radical (unpaired) electrons. The molecule has 0 bridgehead atoms. The molecule has 0 aliphatic carbocycles. The van der Waals surface area contributed by atoms with Crippen molar-refractivity contribution in [3.63, 3.8) is 0 Å². The second-order valence-electron chi connectivity index (χ2n) is 0.335. The van der Waals surface area contributed by atoms with Crippen LogP contribution < -0.4 is 5.43 Å². The van der Waals surface area contributed by atoms with E-state index in [-0.39, 0.29) is 0 Å². The van der Waals surface area contributed by atoms with E-state index in [1.54, 1.807) is 5.43 Å². The van der Waals surface area contributed by atoms with Crippen LogP contribution >= 0.6 is 0 Å². The Labute approximate surface area is 29.6 Å². The molecule has 0 amide bonds. The molecule has 0 heterocycles. The van der Waals surface area contributed by atoms with Crippen LogP contribution in [0.15, 0.2) is 0 Å². The first-order chi connectivity index (χ1) is 2.41. The Morgan fingerprint density at radius 3 is 2.60 bits per heavy atom. The maximum Gasteiger partial charge on any atom is 0.250 e. The van der Waals surface area contributed by atoms with Gasteiger partial charge in [-0.15, -0.1) is 4.95 Å². The van der Waals surface area contributed by atoms with Gasteiger partial charge in [0.25, 0.3) is 0 Å². The van der Waals surface area contributed by atoms with Crippen molar-refractivity contribution in [3.8, 4) is 6.19 Å². The van der Waals surface area contributed by atoms with E-state index in [0.29, 0.717) is 0 Å². The molecule has 0 aromatic heterocycles. The lowest BCUT2D eigenvalue weighted by Crippen LogP contribution is -1.83. The summed E-state index contributed by atoms with van der Waals surface area (Å²) in [5.41, 5.74) is 1.71. The van der Waals surface area contributed by atoms with E-state index >= 15 is 0 Å². The molecule has 3 heteroatoms. The lowest BCUT2D eigenvalue weighted by Gasteiger charge is -1.54. The van der Waals surface area contributed by atoms with Crippen molar-refractivity contribution in [1.82, 2.24) is 5.43 Å². The molecular weight excluding hydrogens is 66.0 g/mol. The van der Waals surface area contributed by atoms with E-state index in [4.69, 9.17) is 11.8 Å². The zero-order valence-electron chi connectivity index (χ0n) is 2.39. The molecule has 0 rings (SSSR count). The highest BCUT2D eigenvalue weighted by atomic mass is 15.2. The number of rotatable bonds is 0. The average molecular weight is 67.1 g/mol. The fourth-order valence-electron chi connectivity index (χ4n) is 0.0250. The van der Waals surface area contributed by atoms with E-state index in [0.717, 1.165) is 0 Å². The van der Waals surface area contributed by atoms with Crippen molar-refractivity contribution in [3.05, 3.63) is 11.5 Å². The lowest BCUT2D eigenvalue weighted by molar-refractivity contribution is 1.19. The number of hydrogen-bond donors (Lipinski definition) is 1. The van der Waals surface area contributed by atoms with Crippen molar-refractivity contribution in [2.75, 3.05) is 0 Å². The molecule has 0 atom stereocenters. The monoisotopic (exact) mass is 67.0 g/mol. The van der Waals surface area contributed by atoms with Gasteiger partial charge in [-0.1, -0.05) is 0 Å². The van der Waals surface area contributed by atoms with E-state index in [1.807, 2.05) is 0 Å². The summed E-state index contributed by atoms with van der Waals surface area (Å²) in [5, 5.41) is 7.49. The zero-order valence-corrected chi connectivity index (χ0v) is 2.39. The Hall–Kier alpha value is -1.22. The smallest absolute Gasteiger partial charge is 0.183 e. The van der Waals surface area contributed by atoms with Gasteiger partial charge in [-0.05, 0) is 5.43 Å². The molecule has 0 saturated carbocycles. The quantitative estimate of drug-likeness (QED) is 0.186. The van der Waals surface area contributed by atoms with Crippen LogP contribution in [0.4, 0.5) is 0 Å². The van der Waals surface area contributed by atoms with Crippen molar-refractivity contribution >= 4 is 0 Å². The van der Waals surface area contributed by atoms with Crippen LogP contribution in [0, 0.1) is 18.0 Å². The summed E-state index contributed by atoms with van der Waals surface area (Å²) in [6.45, 7) is 5.89. The zero-order chi connectivity index (χ0) is 4.12. The first-order valence-corrected chi connectivity index (χ1v) is 0.921. The highest BCUT2D eigenvalue weighted by Gasteiger charge is 1.55. The first-order valence-electron chi connectivity index (χ1n) is 0.921. The van der Waals surface area contributed by atoms with Crippen molar-refractivity contribution in [2.24, 2.45) is 0 Å². The molecule has 0 saturated heterocycles. The standard InChI is InChI=1S/C2HN3/c1-4-5-2-3/h5H. The molecule has 1 N–H and O–H groups in total. The topological polar surface area (TPSA) is 40.2 Å². The molecule has 24 valence electrons. The third kappa shape index (κ3) is 2.78. The molecule has 0 spiro atoms. The number of nitrogens with one attached hydrogen (secondary N) is 1. The summed E-state index contributed by atoms with van der Waals surface area (Å²) in [6.07, 6.45) is 1.41. The summed E-state index contributed by atoms with van der Waals surface area (Å²) in [7, 11) is 0. The minimum atomic E-state index is 1.41. The largest absolute Gasteiger partial charge is 0.250 e. The van der Waals surface area contributed by atoms with Gasteiger partial charge >= 0.3 is 0 Å². The van der Waals surface area contributed by atoms with Crippen LogP contribution in [0.1, 0.15) is 0 Å². The minimum absolute atomic E-state index is 1.41. The number of nitriles is 1. The molecule has 0 fully saturated rings. The molecule has 0 aromatic carbocycles. The summed E-state index contributed by atoms with van der Waals surface area (Å²) in [6, 6.07) is 0. The molecule has 3 nitrogen and oxygen atoms in total. The van der Waals surface area contributed by atoms with Crippen LogP contribution in [-0.4, -0.2) is 0 Å². The summed E-state index contributed by atoms with van der Waals surface area (Å²) in [4.78, 5) is 2.49. The van der Waals surface area contributed by atoms with Crippen LogP contribution in [0.25, 0.3) is 4.95 Å². The number of hydrogen-bond acceptors (Lipinski definition) is 2. The van der Waals surface area contributed by atoms with Gasteiger partial charge in [-0.2, -0.15) is 11.8 Å². The molecule has 0 aliphatic heterocycles. The maximum atomic E-state index is 7.49. The Morgan fingerprint density at radius 1 is 2.00 bits per heavy atom. The van der Waals surface area contributed by atoms with E-state index in [1.165, 1.54) is 6.19 Å². The van der Waals surface area contributed by atoms with E-state index in [2.05, 4.69) is 4.95 Å². The van der Waals surface area contributed by atoms with Crippen LogP contribution in [0.3, 0.4) is 0 Å². The summed E-state index contributed by atoms with van der Waals surface area (Å²) in [5.74, 6) is 0. The molecule has 5 heavy (non-hydrogen) atoms. The van der Waals surface area contributed by atoms with Gasteiger partial charge in [-0.25, -0.2) is 0 Å². The Morgan fingerprint density at radius 2 is 2.60 bits per heavy atom. The highest BCUT2D eigenvalue weighted by Crippen LogP contribution is 1.38. The number of nitrogens with zero attached hydrogens (tertiary/aromatic N) is 2. The molecule has 0 unspecified atom stereocenters. The van der Waals surface area contributed by atoms with E-state index in [9.17, 15) is 0 Å². The van der Waals surface area contributed by atoms with Gasteiger partial charge in [-0.3, -0.25) is 0 Å². The Kier molecular flexibility index (Phi) is 2.10. The second kappa shape index (κ2) is 2.78. The van der Waals surface area contributed by atoms with Crippen LogP contribution in [0.5, 0.6) is 0 Å². The van der Waals surface area contributed by atoms with Crippen molar-refractivity contribution in [2.45, 2.75) is 0 Å². The first kappa shape index (κ1) is 3.78. The van der Waals surface area contributed by atoms with Crippen molar-refractivity contribution < 1.29 is 0 Å². The summed E-state index contributed by atoms with van der Waals surface area (Å²) >= 11 is 0. The fourth-order valence-corrected chi connectivity index (χ4v) is 0.0250. The van der Waals surface area contributed by atoms with Gasteiger partial charge in [0.05, 0.1) is 0 Å². The average Bonchev–Trinajstić information content (AvgIpc) is 1.41.